The Morgan fingerprint density at radius 3 is 2.19 bits per heavy atom. The van der Waals surface area contributed by atoms with Crippen LogP contribution in [0.15, 0.2) is 48.5 Å². The Balaban J connectivity index is 0.00000380. The second-order valence-electron chi connectivity index (χ2n) is 8.74. The number of nitrogens with one attached hydrogen (secondary N) is 1. The van der Waals surface area contributed by atoms with Crippen LogP contribution in [0.5, 0.6) is 0 Å². The Labute approximate surface area is 220 Å². The molecule has 0 saturated carbocycles. The van der Waals surface area contributed by atoms with E-state index in [1.807, 2.05) is 30.3 Å². The highest BCUT2D eigenvalue weighted by Gasteiger charge is 2.38. The van der Waals surface area contributed by atoms with Crippen molar-refractivity contribution in [2.24, 2.45) is 7.05 Å². The van der Waals surface area contributed by atoms with E-state index in [4.69, 9.17) is 17.0 Å². The van der Waals surface area contributed by atoms with Crippen molar-refractivity contribution in [2.45, 2.75) is 50.5 Å². The number of nitrogens with zero attached hydrogens (tertiary/aromatic N) is 3. The van der Waals surface area contributed by atoms with E-state index in [1.54, 1.807) is 11.6 Å². The van der Waals surface area contributed by atoms with Gasteiger partial charge in [0.1, 0.15) is 5.82 Å². The Bertz CT molecular complexity index is 1210. The van der Waals surface area contributed by atoms with Crippen molar-refractivity contribution in [3.8, 4) is 0 Å². The number of alkyl halides is 6. The molecule has 2 heterocycles. The maximum Gasteiger partial charge on any atom is 0.416 e. The Morgan fingerprint density at radius 2 is 1.65 bits per heavy atom. The summed E-state index contributed by atoms with van der Waals surface area (Å²) < 4.78 is 87.9. The highest BCUT2D eigenvalue weighted by molar-refractivity contribution is 7.71. The van der Waals surface area contributed by atoms with Gasteiger partial charge >= 0.3 is 12.4 Å². The first kappa shape index (κ1) is 29.2. The average Bonchev–Trinajstić information content (AvgIpc) is 3.14. The van der Waals surface area contributed by atoms with Crippen LogP contribution < -0.4 is 0 Å². The van der Waals surface area contributed by atoms with Crippen LogP contribution in [-0.4, -0.2) is 32.3 Å². The number of ether oxygens (including phenoxy) is 1. The molecule has 1 aromatic heterocycles. The van der Waals surface area contributed by atoms with Gasteiger partial charge in [-0.15, -0.1) is 12.4 Å². The molecule has 0 unspecified atom stereocenters. The van der Waals surface area contributed by atoms with Crippen LogP contribution in [-0.2, 0) is 37.3 Å². The maximum absolute atomic E-state index is 13.3. The van der Waals surface area contributed by atoms with Gasteiger partial charge in [-0.05, 0) is 60.9 Å². The molecule has 2 atom stereocenters. The van der Waals surface area contributed by atoms with E-state index in [2.05, 4.69) is 15.1 Å². The number of benzene rings is 2. The third-order valence-corrected chi connectivity index (χ3v) is 6.61. The molecule has 13 heteroatoms. The minimum Gasteiger partial charge on any atom is -0.372 e. The molecule has 0 bridgehead atoms. The lowest BCUT2D eigenvalue weighted by Gasteiger charge is -2.41. The summed E-state index contributed by atoms with van der Waals surface area (Å²) >= 11 is 5.20. The largest absolute Gasteiger partial charge is 0.416 e. The number of likely N-dealkylation sites (tertiary alicyclic amines) is 1. The predicted molar refractivity (Wildman–Crippen MR) is 129 cm³/mol. The first-order valence-electron chi connectivity index (χ1n) is 11.2. The summed E-state index contributed by atoms with van der Waals surface area (Å²) in [7, 11) is 1.79. The van der Waals surface area contributed by atoms with Gasteiger partial charge in [-0.1, -0.05) is 30.3 Å². The fourth-order valence-electron chi connectivity index (χ4n) is 4.46. The second-order valence-corrected chi connectivity index (χ2v) is 9.12. The zero-order valence-electron chi connectivity index (χ0n) is 19.6. The van der Waals surface area contributed by atoms with Gasteiger partial charge < -0.3 is 9.30 Å². The van der Waals surface area contributed by atoms with Crippen molar-refractivity contribution < 1.29 is 31.1 Å². The summed E-state index contributed by atoms with van der Waals surface area (Å²) in [4.78, 5) is 2.14. The molecular weight excluding hydrogens is 542 g/mol. The number of rotatable bonds is 6. The summed E-state index contributed by atoms with van der Waals surface area (Å²) in [5.41, 5.74) is -1.97. The summed E-state index contributed by atoms with van der Waals surface area (Å²) in [6.45, 7) is 0.757. The molecule has 1 aliphatic rings. The molecule has 0 aliphatic carbocycles. The topological polar surface area (TPSA) is 46.1 Å². The Hall–Kier alpha value is -2.41. The molecule has 5 nitrogen and oxygen atoms in total. The molecule has 0 radical (unpaired) electrons. The molecule has 202 valence electrons. The Morgan fingerprint density at radius 1 is 1.03 bits per heavy atom. The zero-order valence-corrected chi connectivity index (χ0v) is 21.3. The molecule has 0 spiro atoms. The van der Waals surface area contributed by atoms with Crippen LogP contribution >= 0.6 is 24.6 Å². The lowest BCUT2D eigenvalue weighted by Crippen LogP contribution is -2.43. The smallest absolute Gasteiger partial charge is 0.372 e. The molecule has 1 aliphatic heterocycles. The number of halogens is 7. The molecule has 1 N–H and O–H groups in total. The minimum atomic E-state index is -4.91. The normalized spacial score (nSPS) is 19.0. The fraction of sp³-hybridized carbons (Fsp3) is 0.417. The third kappa shape index (κ3) is 6.92. The molecule has 37 heavy (non-hydrogen) atoms. The molecule has 3 aromatic rings. The Kier molecular flexibility index (Phi) is 9.10. The van der Waals surface area contributed by atoms with Crippen LogP contribution in [0.2, 0.25) is 0 Å². The van der Waals surface area contributed by atoms with Crippen molar-refractivity contribution in [1.82, 2.24) is 19.7 Å². The average molecular weight is 567 g/mol. The summed E-state index contributed by atoms with van der Waals surface area (Å²) in [6.07, 6.45) is -8.95. The van der Waals surface area contributed by atoms with Crippen molar-refractivity contribution in [3.05, 3.63) is 81.4 Å². The van der Waals surface area contributed by atoms with Gasteiger partial charge in [0.25, 0.3) is 0 Å². The van der Waals surface area contributed by atoms with E-state index in [0.29, 0.717) is 42.2 Å². The van der Waals surface area contributed by atoms with Gasteiger partial charge in [0, 0.05) is 7.05 Å². The van der Waals surface area contributed by atoms with Gasteiger partial charge in [-0.3, -0.25) is 10.00 Å². The molecule has 2 aromatic carbocycles. The first-order valence-corrected chi connectivity index (χ1v) is 11.6. The summed E-state index contributed by atoms with van der Waals surface area (Å²) in [6, 6.07) is 10.7. The van der Waals surface area contributed by atoms with Crippen LogP contribution in [0.4, 0.5) is 26.3 Å². The number of aromatic amines is 1. The quantitative estimate of drug-likeness (QED) is 0.262. The van der Waals surface area contributed by atoms with E-state index in [9.17, 15) is 26.3 Å². The number of piperidine rings is 1. The van der Waals surface area contributed by atoms with Crippen LogP contribution in [0.1, 0.15) is 47.0 Å². The SMILES string of the molecule is Cl.Cn1c(CN2CCC[C@@H](OCc3cc(C(F)(F)F)cc(C(F)(F)F)c3)[C@H]2c2ccccc2)n[nH]c1=S. The number of aromatic nitrogens is 3. The maximum atomic E-state index is 13.3. The molecule has 1 fully saturated rings. The monoisotopic (exact) mass is 566 g/mol. The van der Waals surface area contributed by atoms with Crippen molar-refractivity contribution in [3.63, 3.8) is 0 Å². The number of H-pyrrole nitrogens is 1. The number of hydrogen-bond donors (Lipinski definition) is 1. The highest BCUT2D eigenvalue weighted by atomic mass is 35.5. The van der Waals surface area contributed by atoms with Crippen LogP contribution in [0.3, 0.4) is 0 Å². The van der Waals surface area contributed by atoms with E-state index >= 15 is 0 Å². The van der Waals surface area contributed by atoms with Gasteiger partial charge in [0.15, 0.2) is 4.77 Å². The highest BCUT2D eigenvalue weighted by Crippen LogP contribution is 2.38. The first-order chi connectivity index (χ1) is 16.9. The van der Waals surface area contributed by atoms with Crippen molar-refractivity contribution >= 4 is 24.6 Å². The lowest BCUT2D eigenvalue weighted by molar-refractivity contribution is -0.143. The molecule has 1 saturated heterocycles. The lowest BCUT2D eigenvalue weighted by atomic mass is 9.92. The van der Waals surface area contributed by atoms with Crippen LogP contribution in [0, 0.1) is 4.77 Å². The van der Waals surface area contributed by atoms with Crippen LogP contribution in [0.25, 0.3) is 0 Å². The third-order valence-electron chi connectivity index (χ3n) is 6.25. The van der Waals surface area contributed by atoms with Gasteiger partial charge in [0.05, 0.1) is 36.4 Å². The van der Waals surface area contributed by atoms with Gasteiger partial charge in [-0.25, -0.2) is 0 Å². The van der Waals surface area contributed by atoms with E-state index in [-0.39, 0.29) is 36.7 Å². The molecular formula is C24H25ClF6N4OS. The van der Waals surface area contributed by atoms with Gasteiger partial charge in [-0.2, -0.15) is 31.4 Å². The standard InChI is InChI=1S/C24H24F6N4OS.ClH/c1-33-20(31-32-22(33)36)13-34-9-5-8-19(21(34)16-6-3-2-4-7-16)35-14-15-10-17(23(25,26)27)12-18(11-15)24(28,29)30;/h2-4,6-7,10-12,19,21H,5,8-9,13-14H2,1H3,(H,32,36);1H/t19-,21-;/m1./s1. The second kappa shape index (κ2) is 11.5. The van der Waals surface area contributed by atoms with Crippen molar-refractivity contribution in [2.75, 3.05) is 6.54 Å². The van der Waals surface area contributed by atoms with E-state index in [1.165, 1.54) is 0 Å². The minimum absolute atomic E-state index is 0. The van der Waals surface area contributed by atoms with E-state index < -0.39 is 29.6 Å². The predicted octanol–water partition coefficient (Wildman–Crippen LogP) is 6.86. The summed E-state index contributed by atoms with van der Waals surface area (Å²) in [5, 5.41) is 7.02. The van der Waals surface area contributed by atoms with Crippen molar-refractivity contribution in [1.29, 1.82) is 0 Å². The summed E-state index contributed by atoms with van der Waals surface area (Å²) in [5.74, 6) is 0.703. The molecule has 4 rings (SSSR count). The van der Waals surface area contributed by atoms with E-state index in [0.717, 1.165) is 12.0 Å². The zero-order chi connectivity index (χ0) is 26.1. The molecule has 0 amide bonds. The van der Waals surface area contributed by atoms with Gasteiger partial charge in [0.2, 0.25) is 0 Å². The fourth-order valence-corrected chi connectivity index (χ4v) is 4.61. The number of hydrogen-bond acceptors (Lipinski definition) is 4.